The Morgan fingerprint density at radius 3 is 1.80 bits per heavy atom. The molecule has 0 aromatic heterocycles. The molecule has 2 nitrogen and oxygen atoms in total. The number of halogens is 7. The molecule has 10 heteroatoms. The van der Waals surface area contributed by atoms with Crippen molar-refractivity contribution in [2.45, 2.75) is 22.9 Å². The predicted molar refractivity (Wildman–Crippen MR) is 53.3 cm³/mol. The summed E-state index contributed by atoms with van der Waals surface area (Å²) in [6.07, 6.45) is -12.0. The van der Waals surface area contributed by atoms with Gasteiger partial charge in [0.05, 0.1) is 4.90 Å². The van der Waals surface area contributed by atoms with Crippen LogP contribution in [0.1, 0.15) is 5.56 Å². The third kappa shape index (κ3) is 2.74. The molecule has 1 radical (unpaired) electrons. The lowest BCUT2D eigenvalue weighted by atomic mass is 9.94. The first kappa shape index (κ1) is 16.7. The zero-order chi connectivity index (χ0) is 16.0. The second kappa shape index (κ2) is 4.61. The smallest absolute Gasteiger partial charge is 0.224 e. The van der Waals surface area contributed by atoms with E-state index in [4.69, 9.17) is 0 Å². The quantitative estimate of drug-likeness (QED) is 0.784. The lowest BCUT2D eigenvalue weighted by Crippen LogP contribution is -2.50. The summed E-state index contributed by atoms with van der Waals surface area (Å²) in [7, 11) is -4.13. The van der Waals surface area contributed by atoms with Crippen LogP contribution in [0.4, 0.5) is 30.7 Å². The summed E-state index contributed by atoms with van der Waals surface area (Å²) >= 11 is 0. The van der Waals surface area contributed by atoms with Crippen LogP contribution in [0, 0.1) is 6.07 Å². The van der Waals surface area contributed by atoms with E-state index in [9.17, 15) is 39.2 Å². The van der Waals surface area contributed by atoms with Gasteiger partial charge in [-0.2, -0.15) is 26.3 Å². The van der Waals surface area contributed by atoms with Crippen molar-refractivity contribution in [2.24, 2.45) is 0 Å². The Bertz CT molecular complexity index is 587. The van der Waals surface area contributed by atoms with E-state index in [0.717, 1.165) is 0 Å². The van der Waals surface area contributed by atoms with E-state index in [1.165, 1.54) is 0 Å². The molecule has 113 valence electrons. The zero-order valence-corrected chi connectivity index (χ0v) is 10.4. The number of sulfone groups is 1. The fraction of sp³-hybridized carbons (Fsp3) is 0.400. The van der Waals surface area contributed by atoms with Crippen molar-refractivity contribution < 1.29 is 39.2 Å². The molecule has 0 saturated heterocycles. The van der Waals surface area contributed by atoms with Crippen molar-refractivity contribution in [1.29, 1.82) is 0 Å². The van der Waals surface area contributed by atoms with Gasteiger partial charge in [-0.15, -0.1) is 0 Å². The summed E-state index contributed by atoms with van der Waals surface area (Å²) in [5.41, 5.74) is -7.52. The molecule has 1 rings (SSSR count). The molecule has 0 aliphatic heterocycles. The molecule has 0 unspecified atom stereocenters. The summed E-state index contributed by atoms with van der Waals surface area (Å²) in [5, 5.41) is 0. The molecule has 0 N–H and O–H groups in total. The van der Waals surface area contributed by atoms with Gasteiger partial charge in [-0.1, -0.05) is 12.1 Å². The Labute approximate surface area is 109 Å². The van der Waals surface area contributed by atoms with Crippen LogP contribution in [0.15, 0.2) is 23.1 Å². The van der Waals surface area contributed by atoms with E-state index >= 15 is 0 Å². The van der Waals surface area contributed by atoms with E-state index in [-0.39, 0.29) is 12.1 Å². The highest BCUT2D eigenvalue weighted by Crippen LogP contribution is 2.53. The van der Waals surface area contributed by atoms with Crippen LogP contribution in [0.25, 0.3) is 0 Å². The average molecular weight is 323 g/mol. The van der Waals surface area contributed by atoms with Crippen molar-refractivity contribution in [3.05, 3.63) is 29.8 Å². The Morgan fingerprint density at radius 2 is 1.45 bits per heavy atom. The summed E-state index contributed by atoms with van der Waals surface area (Å²) in [5.74, 6) is 0. The molecule has 0 aliphatic carbocycles. The molecule has 0 fully saturated rings. The average Bonchev–Trinajstić information content (AvgIpc) is 2.24. The van der Waals surface area contributed by atoms with Crippen LogP contribution in [0.3, 0.4) is 0 Å². The molecule has 0 atom stereocenters. The summed E-state index contributed by atoms with van der Waals surface area (Å²) < 4.78 is 111. The maximum Gasteiger partial charge on any atom is 0.435 e. The molecule has 0 spiro atoms. The highest BCUT2D eigenvalue weighted by Gasteiger charge is 2.73. The highest BCUT2D eigenvalue weighted by atomic mass is 32.2. The van der Waals surface area contributed by atoms with E-state index in [2.05, 4.69) is 0 Å². The minimum absolute atomic E-state index is 0.0314. The normalized spacial score (nSPS) is 14.4. The van der Waals surface area contributed by atoms with Gasteiger partial charge in [0.15, 0.2) is 9.84 Å². The maximum absolute atomic E-state index is 13.6. The van der Waals surface area contributed by atoms with E-state index < -0.39 is 38.3 Å². The molecule has 20 heavy (non-hydrogen) atoms. The van der Waals surface area contributed by atoms with Crippen molar-refractivity contribution in [3.63, 3.8) is 0 Å². The fourth-order valence-corrected chi connectivity index (χ4v) is 1.98. The second-order valence-corrected chi connectivity index (χ2v) is 5.85. The molecular formula is C10H6F7O2S. The van der Waals surface area contributed by atoms with Gasteiger partial charge < -0.3 is 0 Å². The first-order chi connectivity index (χ1) is 8.71. The van der Waals surface area contributed by atoms with Gasteiger partial charge in [-0.25, -0.2) is 12.8 Å². The molecule has 0 aliphatic rings. The SMILES string of the molecule is CS(=O)(=O)c1[c]ccc(C(F)(C(F)(F)F)C(F)(F)F)c1. The highest BCUT2D eigenvalue weighted by molar-refractivity contribution is 7.90. The number of hydrogen-bond acceptors (Lipinski definition) is 2. The number of benzene rings is 1. The molecule has 0 amide bonds. The van der Waals surface area contributed by atoms with Crippen molar-refractivity contribution in [2.75, 3.05) is 6.26 Å². The van der Waals surface area contributed by atoms with Gasteiger partial charge >= 0.3 is 18.0 Å². The fourth-order valence-electron chi connectivity index (χ4n) is 1.36. The minimum Gasteiger partial charge on any atom is -0.224 e. The van der Waals surface area contributed by atoms with Crippen LogP contribution in [-0.4, -0.2) is 27.0 Å². The van der Waals surface area contributed by atoms with E-state index in [1.807, 2.05) is 6.07 Å². The first-order valence-corrected chi connectivity index (χ1v) is 6.65. The molecule has 0 saturated carbocycles. The standard InChI is InChI=1S/C10H6F7O2S/c1-20(18,19)7-4-2-3-6(5-7)8(11,9(12,13)14)10(15,16)17/h2-3,5H,1H3. The lowest BCUT2D eigenvalue weighted by Gasteiger charge is -2.30. The summed E-state index contributed by atoms with van der Waals surface area (Å²) in [4.78, 5) is -0.967. The number of rotatable bonds is 2. The van der Waals surface area contributed by atoms with Gasteiger partial charge in [0.25, 0.3) is 0 Å². The van der Waals surface area contributed by atoms with Crippen LogP contribution in [-0.2, 0) is 15.5 Å². The van der Waals surface area contributed by atoms with Gasteiger partial charge in [-0.05, 0) is 6.07 Å². The first-order valence-electron chi connectivity index (χ1n) is 4.76. The zero-order valence-electron chi connectivity index (χ0n) is 9.60. The largest absolute Gasteiger partial charge is 0.435 e. The van der Waals surface area contributed by atoms with Crippen LogP contribution in [0.2, 0.25) is 0 Å². The van der Waals surface area contributed by atoms with Gasteiger partial charge in [-0.3, -0.25) is 0 Å². The van der Waals surface area contributed by atoms with E-state index in [1.54, 1.807) is 0 Å². The molecule has 0 bridgehead atoms. The van der Waals surface area contributed by atoms with Crippen molar-refractivity contribution in [1.82, 2.24) is 0 Å². The predicted octanol–water partition coefficient (Wildman–Crippen LogP) is 3.18. The number of alkyl halides is 7. The lowest BCUT2D eigenvalue weighted by molar-refractivity contribution is -0.348. The van der Waals surface area contributed by atoms with Gasteiger partial charge in [0.1, 0.15) is 0 Å². The van der Waals surface area contributed by atoms with Crippen molar-refractivity contribution in [3.8, 4) is 0 Å². The van der Waals surface area contributed by atoms with Crippen LogP contribution in [0.5, 0.6) is 0 Å². The Morgan fingerprint density at radius 1 is 1.00 bits per heavy atom. The molecule has 1 aromatic carbocycles. The Hall–Kier alpha value is -1.32. The topological polar surface area (TPSA) is 34.1 Å². The van der Waals surface area contributed by atoms with Crippen LogP contribution < -0.4 is 0 Å². The molecule has 1 aromatic rings. The Balaban J connectivity index is 3.62. The van der Waals surface area contributed by atoms with Crippen molar-refractivity contribution >= 4 is 9.84 Å². The van der Waals surface area contributed by atoms with Gasteiger partial charge in [0.2, 0.25) is 0 Å². The van der Waals surface area contributed by atoms with Gasteiger partial charge in [0, 0.05) is 17.9 Å². The monoisotopic (exact) mass is 323 g/mol. The third-order valence-electron chi connectivity index (χ3n) is 2.35. The van der Waals surface area contributed by atoms with Crippen LogP contribution >= 0.6 is 0 Å². The Kier molecular flexibility index (Phi) is 3.85. The maximum atomic E-state index is 13.6. The summed E-state index contributed by atoms with van der Waals surface area (Å²) in [6, 6.07) is 2.56. The molecular weight excluding hydrogens is 317 g/mol. The second-order valence-electron chi connectivity index (χ2n) is 3.87. The number of hydrogen-bond donors (Lipinski definition) is 0. The molecule has 0 heterocycles. The summed E-state index contributed by atoms with van der Waals surface area (Å²) in [6.45, 7) is 0. The third-order valence-corrected chi connectivity index (χ3v) is 3.39. The van der Waals surface area contributed by atoms with E-state index in [0.29, 0.717) is 12.3 Å². The minimum atomic E-state index is -6.29.